The van der Waals surface area contributed by atoms with Crippen molar-refractivity contribution < 1.29 is 13.5 Å². The van der Waals surface area contributed by atoms with Gasteiger partial charge in [0.1, 0.15) is 17.3 Å². The minimum absolute atomic E-state index is 0.205. The minimum atomic E-state index is -0.401. The van der Waals surface area contributed by atoms with E-state index < -0.39 is 6.10 Å². The molecule has 1 aromatic carbocycles. The van der Waals surface area contributed by atoms with Crippen LogP contribution >= 0.6 is 15.9 Å². The number of halogens is 2. The smallest absolute Gasteiger partial charge is 0.171 e. The fourth-order valence-corrected chi connectivity index (χ4v) is 2.18. The quantitative estimate of drug-likeness (QED) is 0.901. The monoisotopic (exact) mass is 327 g/mol. The molecule has 0 amide bonds. The van der Waals surface area contributed by atoms with Gasteiger partial charge in [-0.3, -0.25) is 0 Å². The SMILES string of the molecule is CCC(N)C(Oc1ccc(F)cc1Br)c1ccco1. The van der Waals surface area contributed by atoms with Crippen molar-refractivity contribution in [1.29, 1.82) is 0 Å². The third-order valence-electron chi connectivity index (χ3n) is 2.83. The summed E-state index contributed by atoms with van der Waals surface area (Å²) >= 11 is 3.27. The molecule has 0 radical (unpaired) electrons. The van der Waals surface area contributed by atoms with Gasteiger partial charge in [-0.1, -0.05) is 6.92 Å². The van der Waals surface area contributed by atoms with Gasteiger partial charge in [0.2, 0.25) is 0 Å². The summed E-state index contributed by atoms with van der Waals surface area (Å²) in [7, 11) is 0. The van der Waals surface area contributed by atoms with Gasteiger partial charge in [0, 0.05) is 6.04 Å². The van der Waals surface area contributed by atoms with E-state index in [9.17, 15) is 4.39 Å². The molecule has 0 saturated heterocycles. The Hall–Kier alpha value is -1.33. The molecular formula is C14H15BrFNO2. The van der Waals surface area contributed by atoms with E-state index in [1.807, 2.05) is 13.0 Å². The van der Waals surface area contributed by atoms with Crippen LogP contribution in [-0.2, 0) is 0 Å². The normalized spacial score (nSPS) is 14.1. The highest BCUT2D eigenvalue weighted by atomic mass is 79.9. The lowest BCUT2D eigenvalue weighted by atomic mass is 10.1. The Morgan fingerprint density at radius 2 is 2.21 bits per heavy atom. The predicted octanol–water partition coefficient (Wildman–Crippen LogP) is 4.04. The van der Waals surface area contributed by atoms with Gasteiger partial charge < -0.3 is 14.9 Å². The van der Waals surface area contributed by atoms with E-state index >= 15 is 0 Å². The maximum Gasteiger partial charge on any atom is 0.171 e. The van der Waals surface area contributed by atoms with E-state index in [2.05, 4.69) is 15.9 Å². The van der Waals surface area contributed by atoms with E-state index in [1.54, 1.807) is 18.4 Å². The van der Waals surface area contributed by atoms with Crippen LogP contribution in [0, 0.1) is 5.82 Å². The number of rotatable bonds is 5. The van der Waals surface area contributed by atoms with Gasteiger partial charge in [-0.2, -0.15) is 0 Å². The molecule has 0 saturated carbocycles. The Balaban J connectivity index is 2.25. The fourth-order valence-electron chi connectivity index (χ4n) is 1.73. The average Bonchev–Trinajstić information content (AvgIpc) is 2.91. The van der Waals surface area contributed by atoms with Crippen molar-refractivity contribution in [2.24, 2.45) is 5.73 Å². The largest absolute Gasteiger partial charge is 0.480 e. The van der Waals surface area contributed by atoms with E-state index in [1.165, 1.54) is 12.1 Å². The Morgan fingerprint density at radius 3 is 2.79 bits per heavy atom. The van der Waals surface area contributed by atoms with E-state index in [0.717, 1.165) is 6.42 Å². The number of benzene rings is 1. The Kier molecular flexibility index (Phi) is 4.61. The first kappa shape index (κ1) is 14.1. The zero-order chi connectivity index (χ0) is 13.8. The van der Waals surface area contributed by atoms with Crippen LogP contribution < -0.4 is 10.5 Å². The standard InChI is InChI=1S/C14H15BrFNO2/c1-2-11(17)14(13-4-3-7-18-13)19-12-6-5-9(16)8-10(12)15/h3-8,11,14H,2,17H2,1H3. The summed E-state index contributed by atoms with van der Waals surface area (Å²) < 4.78 is 24.8. The molecule has 2 N–H and O–H groups in total. The summed E-state index contributed by atoms with van der Waals surface area (Å²) in [6.07, 6.45) is 1.92. The summed E-state index contributed by atoms with van der Waals surface area (Å²) in [6, 6.07) is 7.66. The molecule has 5 heteroatoms. The molecule has 0 spiro atoms. The molecule has 2 aromatic rings. The number of nitrogens with two attached hydrogens (primary N) is 1. The van der Waals surface area contributed by atoms with Crippen molar-refractivity contribution in [2.45, 2.75) is 25.5 Å². The zero-order valence-electron chi connectivity index (χ0n) is 10.5. The second-order valence-electron chi connectivity index (χ2n) is 4.20. The molecule has 2 atom stereocenters. The summed E-state index contributed by atoms with van der Waals surface area (Å²) in [4.78, 5) is 0. The van der Waals surface area contributed by atoms with Crippen LogP contribution in [0.4, 0.5) is 4.39 Å². The Labute approximate surface area is 119 Å². The van der Waals surface area contributed by atoms with Gasteiger partial charge in [0.15, 0.2) is 6.10 Å². The molecule has 2 rings (SSSR count). The number of furan rings is 1. The molecule has 3 nitrogen and oxygen atoms in total. The molecule has 0 fully saturated rings. The second-order valence-corrected chi connectivity index (χ2v) is 5.06. The van der Waals surface area contributed by atoms with Gasteiger partial charge >= 0.3 is 0 Å². The lowest BCUT2D eigenvalue weighted by Gasteiger charge is -2.23. The number of hydrogen-bond acceptors (Lipinski definition) is 3. The first-order valence-corrected chi connectivity index (χ1v) is 6.81. The predicted molar refractivity (Wildman–Crippen MR) is 74.4 cm³/mol. The maximum atomic E-state index is 13.1. The van der Waals surface area contributed by atoms with Gasteiger partial charge in [-0.05, 0) is 52.7 Å². The average molecular weight is 328 g/mol. The van der Waals surface area contributed by atoms with E-state index in [-0.39, 0.29) is 11.9 Å². The lowest BCUT2D eigenvalue weighted by molar-refractivity contribution is 0.143. The first-order valence-electron chi connectivity index (χ1n) is 6.02. The molecule has 1 aromatic heterocycles. The van der Waals surface area contributed by atoms with Crippen molar-refractivity contribution in [2.75, 3.05) is 0 Å². The fraction of sp³-hybridized carbons (Fsp3) is 0.286. The highest BCUT2D eigenvalue weighted by Crippen LogP contribution is 2.31. The molecule has 0 bridgehead atoms. The minimum Gasteiger partial charge on any atom is -0.480 e. The van der Waals surface area contributed by atoms with Crippen molar-refractivity contribution >= 4 is 15.9 Å². The maximum absolute atomic E-state index is 13.1. The molecule has 102 valence electrons. The third-order valence-corrected chi connectivity index (χ3v) is 3.45. The number of hydrogen-bond donors (Lipinski definition) is 1. The van der Waals surface area contributed by atoms with Crippen LogP contribution in [0.25, 0.3) is 0 Å². The molecule has 19 heavy (non-hydrogen) atoms. The van der Waals surface area contributed by atoms with Crippen LogP contribution in [0.2, 0.25) is 0 Å². The van der Waals surface area contributed by atoms with Crippen LogP contribution in [-0.4, -0.2) is 6.04 Å². The van der Waals surface area contributed by atoms with Crippen molar-refractivity contribution in [3.63, 3.8) is 0 Å². The highest BCUT2D eigenvalue weighted by Gasteiger charge is 2.24. The molecular weight excluding hydrogens is 313 g/mol. The van der Waals surface area contributed by atoms with Gasteiger partial charge in [0.05, 0.1) is 10.7 Å². The highest BCUT2D eigenvalue weighted by molar-refractivity contribution is 9.10. The third kappa shape index (κ3) is 3.36. The Bertz CT molecular complexity index is 530. The van der Waals surface area contributed by atoms with Gasteiger partial charge in [-0.15, -0.1) is 0 Å². The van der Waals surface area contributed by atoms with Crippen LogP contribution in [0.15, 0.2) is 45.5 Å². The first-order chi connectivity index (χ1) is 9.11. The topological polar surface area (TPSA) is 48.4 Å². The van der Waals surface area contributed by atoms with Crippen LogP contribution in [0.5, 0.6) is 5.75 Å². The summed E-state index contributed by atoms with van der Waals surface area (Å²) in [5, 5.41) is 0. The van der Waals surface area contributed by atoms with Crippen molar-refractivity contribution in [3.05, 3.63) is 52.6 Å². The van der Waals surface area contributed by atoms with Gasteiger partial charge in [0.25, 0.3) is 0 Å². The zero-order valence-corrected chi connectivity index (χ0v) is 12.1. The summed E-state index contributed by atoms with van der Waals surface area (Å²) in [6.45, 7) is 1.98. The lowest BCUT2D eigenvalue weighted by Crippen LogP contribution is -2.31. The van der Waals surface area contributed by atoms with Crippen molar-refractivity contribution in [3.8, 4) is 5.75 Å². The van der Waals surface area contributed by atoms with E-state index in [4.69, 9.17) is 14.9 Å². The van der Waals surface area contributed by atoms with E-state index in [0.29, 0.717) is 16.0 Å². The molecule has 2 unspecified atom stereocenters. The Morgan fingerprint density at radius 1 is 1.42 bits per heavy atom. The molecule has 0 aliphatic carbocycles. The van der Waals surface area contributed by atoms with Gasteiger partial charge in [-0.25, -0.2) is 4.39 Å². The van der Waals surface area contributed by atoms with Crippen LogP contribution in [0.1, 0.15) is 25.2 Å². The summed E-state index contributed by atoms with van der Waals surface area (Å²) in [5.41, 5.74) is 6.06. The summed E-state index contributed by atoms with van der Waals surface area (Å²) in [5.74, 6) is 0.867. The second kappa shape index (κ2) is 6.21. The molecule has 0 aliphatic rings. The molecule has 1 heterocycles. The van der Waals surface area contributed by atoms with Crippen molar-refractivity contribution in [1.82, 2.24) is 0 Å². The van der Waals surface area contributed by atoms with Crippen LogP contribution in [0.3, 0.4) is 0 Å². The molecule has 0 aliphatic heterocycles. The number of ether oxygens (including phenoxy) is 1.